The average molecular weight is 312 g/mol. The van der Waals surface area contributed by atoms with Crippen molar-refractivity contribution >= 4 is 11.6 Å². The Morgan fingerprint density at radius 1 is 1.17 bits per heavy atom. The van der Waals surface area contributed by atoms with E-state index in [9.17, 15) is 9.18 Å². The minimum absolute atomic E-state index is 0.0438. The van der Waals surface area contributed by atoms with E-state index in [1.165, 1.54) is 6.07 Å². The lowest BCUT2D eigenvalue weighted by Crippen LogP contribution is -2.31. The van der Waals surface area contributed by atoms with Crippen molar-refractivity contribution in [2.75, 3.05) is 4.90 Å². The fraction of sp³-hybridized carbons (Fsp3) is 0.316. The lowest BCUT2D eigenvalue weighted by Gasteiger charge is -2.18. The third kappa shape index (κ3) is 3.36. The zero-order chi connectivity index (χ0) is 16.4. The van der Waals surface area contributed by atoms with Gasteiger partial charge in [-0.2, -0.15) is 0 Å². The quantitative estimate of drug-likeness (QED) is 0.929. The summed E-state index contributed by atoms with van der Waals surface area (Å²) in [5.41, 5.74) is 3.90. The maximum absolute atomic E-state index is 13.3. The number of fused-ring (bicyclic) bond motifs is 1. The van der Waals surface area contributed by atoms with Gasteiger partial charge >= 0.3 is 0 Å². The van der Waals surface area contributed by atoms with Gasteiger partial charge in [-0.3, -0.25) is 4.79 Å². The Bertz CT molecular complexity index is 712. The van der Waals surface area contributed by atoms with Crippen LogP contribution in [-0.2, 0) is 13.1 Å². The molecule has 1 amide bonds. The molecule has 23 heavy (non-hydrogen) atoms. The molecule has 0 saturated heterocycles. The molecule has 0 aliphatic carbocycles. The number of amides is 1. The molecule has 1 heterocycles. The zero-order valence-electron chi connectivity index (χ0n) is 13.5. The van der Waals surface area contributed by atoms with Gasteiger partial charge in [0.15, 0.2) is 0 Å². The van der Waals surface area contributed by atoms with Gasteiger partial charge in [0.25, 0.3) is 5.91 Å². The Labute approximate surface area is 136 Å². The third-order valence-corrected chi connectivity index (χ3v) is 4.38. The van der Waals surface area contributed by atoms with Crippen LogP contribution in [0.15, 0.2) is 42.5 Å². The van der Waals surface area contributed by atoms with Gasteiger partial charge in [-0.15, -0.1) is 0 Å². The van der Waals surface area contributed by atoms with Gasteiger partial charge in [-0.1, -0.05) is 13.0 Å². The van der Waals surface area contributed by atoms with Crippen molar-refractivity contribution in [1.29, 1.82) is 0 Å². The fourth-order valence-corrected chi connectivity index (χ4v) is 2.78. The summed E-state index contributed by atoms with van der Waals surface area (Å²) in [6.07, 6.45) is 0.909. The number of carbonyl (C=O) groups excluding carboxylic acids is 1. The van der Waals surface area contributed by atoms with E-state index >= 15 is 0 Å². The number of hydrogen-bond donors (Lipinski definition) is 1. The summed E-state index contributed by atoms with van der Waals surface area (Å²) in [6, 6.07) is 12.7. The Kier molecular flexibility index (Phi) is 4.33. The Morgan fingerprint density at radius 3 is 2.57 bits per heavy atom. The lowest BCUT2D eigenvalue weighted by molar-refractivity contribution is 0.0939. The van der Waals surface area contributed by atoms with E-state index in [2.05, 4.69) is 10.2 Å². The summed E-state index contributed by atoms with van der Waals surface area (Å²) in [4.78, 5) is 14.3. The highest BCUT2D eigenvalue weighted by molar-refractivity contribution is 5.94. The van der Waals surface area contributed by atoms with Crippen LogP contribution in [0.2, 0.25) is 0 Å². The van der Waals surface area contributed by atoms with Crippen LogP contribution in [0.5, 0.6) is 0 Å². The summed E-state index contributed by atoms with van der Waals surface area (Å²) in [5, 5.41) is 2.96. The van der Waals surface area contributed by atoms with E-state index in [4.69, 9.17) is 0 Å². The van der Waals surface area contributed by atoms with Crippen molar-refractivity contribution in [3.8, 4) is 0 Å². The maximum Gasteiger partial charge on any atom is 0.251 e. The van der Waals surface area contributed by atoms with Crippen molar-refractivity contribution in [3.63, 3.8) is 0 Å². The molecule has 1 atom stereocenters. The zero-order valence-corrected chi connectivity index (χ0v) is 13.5. The minimum atomic E-state index is -0.192. The number of hydrogen-bond acceptors (Lipinski definition) is 2. The molecule has 1 aliphatic heterocycles. The Hall–Kier alpha value is -2.36. The lowest BCUT2D eigenvalue weighted by atomic mass is 10.1. The highest BCUT2D eigenvalue weighted by Crippen LogP contribution is 2.28. The molecule has 0 radical (unpaired) electrons. The molecule has 120 valence electrons. The van der Waals surface area contributed by atoms with Crippen LogP contribution in [0, 0.1) is 5.82 Å². The standard InChI is InChI=1S/C19H21FN2O/c1-3-13(2)21-19(23)14-5-8-18(9-6-14)22-11-15-4-7-17(20)10-16(15)12-22/h4-10,13H,3,11-12H2,1-2H3,(H,21,23)/t13-/m0/s1. The summed E-state index contributed by atoms with van der Waals surface area (Å²) in [5.74, 6) is -0.236. The SMILES string of the molecule is CC[C@H](C)NC(=O)c1ccc(N2Cc3ccc(F)cc3C2)cc1. The van der Waals surface area contributed by atoms with Gasteiger partial charge in [0, 0.05) is 30.4 Å². The van der Waals surface area contributed by atoms with E-state index in [0.29, 0.717) is 12.1 Å². The summed E-state index contributed by atoms with van der Waals surface area (Å²) in [6.45, 7) is 5.51. The van der Waals surface area contributed by atoms with Gasteiger partial charge in [-0.05, 0) is 60.9 Å². The first kappa shape index (κ1) is 15.5. The topological polar surface area (TPSA) is 32.3 Å². The van der Waals surface area contributed by atoms with Crippen LogP contribution in [0.1, 0.15) is 41.8 Å². The molecule has 1 N–H and O–H groups in total. The number of halogens is 1. The Morgan fingerprint density at radius 2 is 1.87 bits per heavy atom. The second-order valence-electron chi connectivity index (χ2n) is 6.10. The Balaban J connectivity index is 1.70. The fourth-order valence-electron chi connectivity index (χ4n) is 2.78. The smallest absolute Gasteiger partial charge is 0.251 e. The van der Waals surface area contributed by atoms with Gasteiger partial charge in [0.2, 0.25) is 0 Å². The molecular weight excluding hydrogens is 291 g/mol. The number of carbonyl (C=O) groups is 1. The molecular formula is C19H21FN2O. The van der Waals surface area contributed by atoms with Gasteiger partial charge in [0.1, 0.15) is 5.82 Å². The average Bonchev–Trinajstić information content (AvgIpc) is 2.97. The third-order valence-electron chi connectivity index (χ3n) is 4.38. The number of rotatable bonds is 4. The first-order chi connectivity index (χ1) is 11.1. The van der Waals surface area contributed by atoms with Crippen LogP contribution in [-0.4, -0.2) is 11.9 Å². The first-order valence-corrected chi connectivity index (χ1v) is 8.00. The highest BCUT2D eigenvalue weighted by Gasteiger charge is 2.20. The van der Waals surface area contributed by atoms with Crippen molar-refractivity contribution in [2.24, 2.45) is 0 Å². The largest absolute Gasteiger partial charge is 0.363 e. The van der Waals surface area contributed by atoms with E-state index in [0.717, 1.165) is 29.8 Å². The van der Waals surface area contributed by atoms with E-state index < -0.39 is 0 Å². The monoisotopic (exact) mass is 312 g/mol. The molecule has 0 spiro atoms. The van der Waals surface area contributed by atoms with Gasteiger partial charge in [-0.25, -0.2) is 4.39 Å². The van der Waals surface area contributed by atoms with Crippen molar-refractivity contribution in [1.82, 2.24) is 5.32 Å². The van der Waals surface area contributed by atoms with Crippen LogP contribution >= 0.6 is 0 Å². The highest BCUT2D eigenvalue weighted by atomic mass is 19.1. The number of nitrogens with one attached hydrogen (secondary N) is 1. The molecule has 3 nitrogen and oxygen atoms in total. The summed E-state index contributed by atoms with van der Waals surface area (Å²) >= 11 is 0. The number of benzene rings is 2. The van der Waals surface area contributed by atoms with Crippen molar-refractivity contribution in [3.05, 3.63) is 65.0 Å². The van der Waals surface area contributed by atoms with E-state index in [-0.39, 0.29) is 17.8 Å². The number of nitrogens with zero attached hydrogens (tertiary/aromatic N) is 1. The van der Waals surface area contributed by atoms with Gasteiger partial charge < -0.3 is 10.2 Å². The van der Waals surface area contributed by atoms with Crippen molar-refractivity contribution < 1.29 is 9.18 Å². The first-order valence-electron chi connectivity index (χ1n) is 8.00. The normalized spacial score (nSPS) is 14.5. The minimum Gasteiger partial charge on any atom is -0.363 e. The van der Waals surface area contributed by atoms with Gasteiger partial charge in [0.05, 0.1) is 0 Å². The molecule has 0 unspecified atom stereocenters. The van der Waals surface area contributed by atoms with E-state index in [1.807, 2.05) is 44.2 Å². The predicted octanol–water partition coefficient (Wildman–Crippen LogP) is 3.87. The summed E-state index contributed by atoms with van der Waals surface area (Å²) < 4.78 is 13.3. The number of anilines is 1. The van der Waals surface area contributed by atoms with Crippen LogP contribution in [0.3, 0.4) is 0 Å². The summed E-state index contributed by atoms with van der Waals surface area (Å²) in [7, 11) is 0. The molecule has 2 aromatic rings. The second-order valence-corrected chi connectivity index (χ2v) is 6.10. The predicted molar refractivity (Wildman–Crippen MR) is 89.9 cm³/mol. The molecule has 3 rings (SSSR count). The maximum atomic E-state index is 13.3. The molecule has 0 aromatic heterocycles. The van der Waals surface area contributed by atoms with Crippen LogP contribution in [0.4, 0.5) is 10.1 Å². The molecule has 0 fully saturated rings. The van der Waals surface area contributed by atoms with Crippen LogP contribution in [0.25, 0.3) is 0 Å². The van der Waals surface area contributed by atoms with E-state index in [1.54, 1.807) is 6.07 Å². The molecule has 0 bridgehead atoms. The second kappa shape index (κ2) is 6.41. The molecule has 1 aliphatic rings. The molecule has 2 aromatic carbocycles. The van der Waals surface area contributed by atoms with Crippen LogP contribution < -0.4 is 10.2 Å². The molecule has 4 heteroatoms. The molecule has 0 saturated carbocycles. The van der Waals surface area contributed by atoms with Crippen molar-refractivity contribution in [2.45, 2.75) is 39.4 Å².